The molecule has 2 aromatic carbocycles. The molecule has 3 heterocycles. The number of aromatic nitrogens is 3. The number of hydrogen-bond acceptors (Lipinski definition) is 5. The van der Waals surface area contributed by atoms with Crippen LogP contribution in [0.15, 0.2) is 42.5 Å². The number of aryl methyl sites for hydroxylation is 1. The van der Waals surface area contributed by atoms with Gasteiger partial charge in [0.15, 0.2) is 0 Å². The number of carbonyl (C=O) groups is 2. The molecule has 0 spiro atoms. The van der Waals surface area contributed by atoms with E-state index in [1.54, 1.807) is 4.68 Å². The van der Waals surface area contributed by atoms with E-state index >= 15 is 0 Å². The molecule has 36 heavy (non-hydrogen) atoms. The third-order valence-electron chi connectivity index (χ3n) is 7.63. The van der Waals surface area contributed by atoms with Crippen LogP contribution >= 0.6 is 11.6 Å². The van der Waals surface area contributed by atoms with Crippen LogP contribution in [0.5, 0.6) is 0 Å². The third-order valence-corrected chi connectivity index (χ3v) is 7.86. The van der Waals surface area contributed by atoms with Gasteiger partial charge in [0.05, 0.1) is 11.6 Å². The van der Waals surface area contributed by atoms with Crippen LogP contribution in [0.2, 0.25) is 5.02 Å². The highest BCUT2D eigenvalue weighted by Crippen LogP contribution is 2.30. The standard InChI is InChI=1S/C27H33ClN6O2/c1-3-17-11-23(29-14-17)27(36)34-16-20(9-18-5-4-6-21(28)10-18)13-25(34)26(35)30-15-19-7-8-24-22(12-19)31-32-33(24)2/h4-8,10,12,17,20,23,25,29H,3,9,11,13-16H2,1-2H3,(H,30,35)/t17-,20-,23-,25+/m1/s1. The summed E-state index contributed by atoms with van der Waals surface area (Å²) >= 11 is 6.19. The smallest absolute Gasteiger partial charge is 0.243 e. The van der Waals surface area contributed by atoms with Gasteiger partial charge in [0, 0.05) is 25.2 Å². The molecule has 2 saturated heterocycles. The molecule has 0 saturated carbocycles. The molecule has 5 rings (SSSR count). The first-order valence-corrected chi connectivity index (χ1v) is 13.1. The fourth-order valence-corrected chi connectivity index (χ4v) is 5.78. The van der Waals surface area contributed by atoms with Gasteiger partial charge < -0.3 is 15.5 Å². The molecule has 0 bridgehead atoms. The van der Waals surface area contributed by atoms with Gasteiger partial charge >= 0.3 is 0 Å². The summed E-state index contributed by atoms with van der Waals surface area (Å²) < 4.78 is 1.72. The van der Waals surface area contributed by atoms with Crippen molar-refractivity contribution in [3.63, 3.8) is 0 Å². The van der Waals surface area contributed by atoms with Gasteiger partial charge in [-0.2, -0.15) is 0 Å². The van der Waals surface area contributed by atoms with Gasteiger partial charge in [-0.3, -0.25) is 9.59 Å². The minimum Gasteiger partial charge on any atom is -0.350 e. The van der Waals surface area contributed by atoms with Crippen LogP contribution in [-0.4, -0.2) is 56.9 Å². The predicted octanol–water partition coefficient (Wildman–Crippen LogP) is 3.09. The molecule has 190 valence electrons. The lowest BCUT2D eigenvalue weighted by Gasteiger charge is -2.27. The molecule has 0 aliphatic carbocycles. The Labute approximate surface area is 216 Å². The normalized spacial score (nSPS) is 23.9. The van der Waals surface area contributed by atoms with Gasteiger partial charge in [-0.15, -0.1) is 5.10 Å². The average molecular weight is 509 g/mol. The maximum atomic E-state index is 13.5. The zero-order chi connectivity index (χ0) is 25.2. The monoisotopic (exact) mass is 508 g/mol. The lowest BCUT2D eigenvalue weighted by atomic mass is 9.96. The highest BCUT2D eigenvalue weighted by Gasteiger charge is 2.42. The second-order valence-electron chi connectivity index (χ2n) is 10.2. The van der Waals surface area contributed by atoms with Crippen LogP contribution < -0.4 is 10.6 Å². The van der Waals surface area contributed by atoms with E-state index in [-0.39, 0.29) is 23.8 Å². The van der Waals surface area contributed by atoms with Crippen LogP contribution in [0.4, 0.5) is 0 Å². The van der Waals surface area contributed by atoms with Crippen molar-refractivity contribution in [2.75, 3.05) is 13.1 Å². The van der Waals surface area contributed by atoms with Crippen molar-refractivity contribution < 1.29 is 9.59 Å². The Morgan fingerprint density at radius 2 is 2.00 bits per heavy atom. The van der Waals surface area contributed by atoms with Gasteiger partial charge in [-0.1, -0.05) is 48.4 Å². The number of likely N-dealkylation sites (tertiary alicyclic amines) is 1. The van der Waals surface area contributed by atoms with Gasteiger partial charge in [-0.05, 0) is 73.0 Å². The van der Waals surface area contributed by atoms with Crippen LogP contribution in [0, 0.1) is 11.8 Å². The fraction of sp³-hybridized carbons (Fsp3) is 0.481. The van der Waals surface area contributed by atoms with Crippen molar-refractivity contribution in [2.24, 2.45) is 18.9 Å². The van der Waals surface area contributed by atoms with Crippen molar-refractivity contribution in [1.29, 1.82) is 0 Å². The quantitative estimate of drug-likeness (QED) is 0.511. The summed E-state index contributed by atoms with van der Waals surface area (Å²) in [7, 11) is 1.85. The minimum absolute atomic E-state index is 0.0423. The number of rotatable bonds is 7. The highest BCUT2D eigenvalue weighted by atomic mass is 35.5. The zero-order valence-electron chi connectivity index (χ0n) is 20.8. The lowest BCUT2D eigenvalue weighted by Crippen LogP contribution is -2.51. The number of fused-ring (bicyclic) bond motifs is 1. The second kappa shape index (κ2) is 10.6. The molecule has 2 fully saturated rings. The van der Waals surface area contributed by atoms with E-state index in [2.05, 4.69) is 33.9 Å². The summed E-state index contributed by atoms with van der Waals surface area (Å²) in [5.41, 5.74) is 3.81. The number of hydrogen-bond donors (Lipinski definition) is 2. The Hall–Kier alpha value is -2.97. The van der Waals surface area contributed by atoms with E-state index in [0.717, 1.165) is 48.0 Å². The van der Waals surface area contributed by atoms with E-state index < -0.39 is 6.04 Å². The predicted molar refractivity (Wildman–Crippen MR) is 139 cm³/mol. The van der Waals surface area contributed by atoms with E-state index in [4.69, 9.17) is 11.6 Å². The maximum Gasteiger partial charge on any atom is 0.243 e. The number of benzene rings is 2. The summed E-state index contributed by atoms with van der Waals surface area (Å²) in [6.45, 7) is 3.96. The Morgan fingerprint density at radius 3 is 2.78 bits per heavy atom. The average Bonchev–Trinajstić information content (AvgIpc) is 3.61. The minimum atomic E-state index is -0.482. The van der Waals surface area contributed by atoms with E-state index in [1.165, 1.54) is 0 Å². The maximum absolute atomic E-state index is 13.5. The number of carbonyl (C=O) groups excluding carboxylic acids is 2. The lowest BCUT2D eigenvalue weighted by molar-refractivity contribution is -0.139. The molecule has 2 N–H and O–H groups in total. The molecule has 3 aromatic rings. The molecule has 9 heteroatoms. The largest absolute Gasteiger partial charge is 0.350 e. The van der Waals surface area contributed by atoms with Gasteiger partial charge in [0.1, 0.15) is 11.6 Å². The van der Waals surface area contributed by atoms with Gasteiger partial charge in [0.2, 0.25) is 11.8 Å². The van der Waals surface area contributed by atoms with Crippen molar-refractivity contribution in [3.05, 3.63) is 58.6 Å². The zero-order valence-corrected chi connectivity index (χ0v) is 21.5. The molecule has 4 atom stereocenters. The molecule has 2 amide bonds. The van der Waals surface area contributed by atoms with E-state index in [1.807, 2.05) is 48.3 Å². The van der Waals surface area contributed by atoms with Crippen LogP contribution in [0.1, 0.15) is 37.3 Å². The van der Waals surface area contributed by atoms with Crippen molar-refractivity contribution in [1.82, 2.24) is 30.5 Å². The molecule has 1 aromatic heterocycles. The summed E-state index contributed by atoms with van der Waals surface area (Å²) in [6, 6.07) is 13.0. The Morgan fingerprint density at radius 1 is 1.14 bits per heavy atom. The summed E-state index contributed by atoms with van der Waals surface area (Å²) in [6.07, 6.45) is 3.30. The summed E-state index contributed by atoms with van der Waals surface area (Å²) in [5.74, 6) is 0.636. The summed E-state index contributed by atoms with van der Waals surface area (Å²) in [5, 5.41) is 15.4. The molecule has 0 unspecified atom stereocenters. The Bertz CT molecular complexity index is 1260. The van der Waals surface area contributed by atoms with Crippen LogP contribution in [-0.2, 0) is 29.6 Å². The fourth-order valence-electron chi connectivity index (χ4n) is 5.57. The van der Waals surface area contributed by atoms with Crippen LogP contribution in [0.25, 0.3) is 11.0 Å². The van der Waals surface area contributed by atoms with Crippen molar-refractivity contribution >= 4 is 34.4 Å². The number of nitrogens with one attached hydrogen (secondary N) is 2. The molecule has 2 aliphatic heterocycles. The summed E-state index contributed by atoms with van der Waals surface area (Å²) in [4.78, 5) is 28.8. The van der Waals surface area contributed by atoms with Gasteiger partial charge in [0.25, 0.3) is 0 Å². The highest BCUT2D eigenvalue weighted by molar-refractivity contribution is 6.30. The molecular weight excluding hydrogens is 476 g/mol. The Kier molecular flexibility index (Phi) is 7.25. The van der Waals surface area contributed by atoms with Crippen LogP contribution in [0.3, 0.4) is 0 Å². The number of halogens is 1. The Balaban J connectivity index is 1.29. The SMILES string of the molecule is CC[C@H]1CN[C@@H](C(=O)N2C[C@H](Cc3cccc(Cl)c3)C[C@H]2C(=O)NCc2ccc3c(c2)nnn3C)C1. The first-order chi connectivity index (χ1) is 17.4. The molecule has 2 aliphatic rings. The third kappa shape index (κ3) is 5.25. The van der Waals surface area contributed by atoms with E-state index in [0.29, 0.717) is 30.5 Å². The first kappa shape index (κ1) is 24.7. The van der Waals surface area contributed by atoms with Gasteiger partial charge in [-0.25, -0.2) is 4.68 Å². The molecule has 0 radical (unpaired) electrons. The first-order valence-electron chi connectivity index (χ1n) is 12.8. The molecule has 8 nitrogen and oxygen atoms in total. The topological polar surface area (TPSA) is 92.2 Å². The van der Waals surface area contributed by atoms with E-state index in [9.17, 15) is 9.59 Å². The molecular formula is C27H33ClN6O2. The second-order valence-corrected chi connectivity index (χ2v) is 10.6. The number of amides is 2. The van der Waals surface area contributed by atoms with Crippen molar-refractivity contribution in [3.8, 4) is 0 Å². The number of nitrogens with zero attached hydrogens (tertiary/aromatic N) is 4. The van der Waals surface area contributed by atoms with Crippen molar-refractivity contribution in [2.45, 2.75) is 51.2 Å².